The summed E-state index contributed by atoms with van der Waals surface area (Å²) < 4.78 is 19.0. The maximum atomic E-state index is 13.6. The molecular weight excluding hydrogens is 509 g/mol. The third-order valence-corrected chi connectivity index (χ3v) is 6.72. The van der Waals surface area contributed by atoms with Gasteiger partial charge in [0.15, 0.2) is 12.1 Å². The number of hydrogen-bond acceptors (Lipinski definition) is 4. The first-order valence-electron chi connectivity index (χ1n) is 12.9. The fraction of sp³-hybridized carbons (Fsp3) is 0.156. The van der Waals surface area contributed by atoms with E-state index in [9.17, 15) is 18.8 Å². The summed E-state index contributed by atoms with van der Waals surface area (Å²) in [6, 6.07) is 28.3. The number of rotatable bonds is 8. The van der Waals surface area contributed by atoms with Crippen LogP contribution in [0.2, 0.25) is 0 Å². The number of hydrogen-bond donors (Lipinski definition) is 2. The van der Waals surface area contributed by atoms with Crippen LogP contribution in [0.1, 0.15) is 38.7 Å². The number of nitrogens with one attached hydrogen (secondary N) is 2. The van der Waals surface area contributed by atoms with Crippen molar-refractivity contribution in [2.75, 3.05) is 5.32 Å². The van der Waals surface area contributed by atoms with Crippen molar-refractivity contribution in [2.24, 2.45) is 0 Å². The summed E-state index contributed by atoms with van der Waals surface area (Å²) in [7, 11) is 0. The minimum absolute atomic E-state index is 0.194. The molecule has 0 spiro atoms. The Kier molecular flexibility index (Phi) is 7.87. The second-order valence-corrected chi connectivity index (χ2v) is 9.65. The summed E-state index contributed by atoms with van der Waals surface area (Å²) in [5, 5.41) is 5.73. The number of cyclic esters (lactones) is 1. The third-order valence-electron chi connectivity index (χ3n) is 6.72. The lowest BCUT2D eigenvalue weighted by Crippen LogP contribution is -2.46. The predicted molar refractivity (Wildman–Crippen MR) is 149 cm³/mol. The van der Waals surface area contributed by atoms with Crippen LogP contribution in [0, 0.1) is 12.7 Å². The summed E-state index contributed by atoms with van der Waals surface area (Å²) in [4.78, 5) is 40.8. The van der Waals surface area contributed by atoms with E-state index in [0.717, 1.165) is 16.7 Å². The minimum atomic E-state index is -0.944. The van der Waals surface area contributed by atoms with E-state index in [4.69, 9.17) is 4.74 Å². The van der Waals surface area contributed by atoms with Crippen LogP contribution in [-0.4, -0.2) is 28.8 Å². The molecule has 40 heavy (non-hydrogen) atoms. The van der Waals surface area contributed by atoms with Crippen molar-refractivity contribution in [3.63, 3.8) is 0 Å². The number of carbonyl (C=O) groups is 3. The number of benzene rings is 4. The molecule has 1 heterocycles. The normalized spacial score (nSPS) is 16.4. The van der Waals surface area contributed by atoms with Crippen LogP contribution in [0.4, 0.5) is 14.9 Å². The standard InChI is InChI=1S/C32H28FN3O4/c1-21-10-12-23(13-11-21)20-36-28(31(38)34-19-22-6-3-2-4-7-22)29(40-32(36)39)25-8-5-9-27(18-25)35-30(37)24-14-16-26(33)17-15-24/h2-18,28-29H,19-20H2,1H3,(H,34,38)(H,35,37). The average Bonchev–Trinajstić information content (AvgIpc) is 3.29. The zero-order valence-electron chi connectivity index (χ0n) is 21.8. The van der Waals surface area contributed by atoms with Crippen molar-refractivity contribution in [1.82, 2.24) is 10.2 Å². The first kappa shape index (κ1) is 26.6. The molecule has 0 saturated carbocycles. The van der Waals surface area contributed by atoms with Crippen molar-refractivity contribution < 1.29 is 23.5 Å². The molecule has 7 nitrogen and oxygen atoms in total. The molecule has 202 valence electrons. The smallest absolute Gasteiger partial charge is 0.411 e. The fourth-order valence-corrected chi connectivity index (χ4v) is 4.59. The SMILES string of the molecule is Cc1ccc(CN2C(=O)OC(c3cccc(NC(=O)c4ccc(F)cc4)c3)C2C(=O)NCc2ccccc2)cc1. The number of halogens is 1. The van der Waals surface area contributed by atoms with Crippen molar-refractivity contribution >= 4 is 23.6 Å². The van der Waals surface area contributed by atoms with Gasteiger partial charge >= 0.3 is 6.09 Å². The summed E-state index contributed by atoms with van der Waals surface area (Å²) in [6.45, 7) is 2.47. The van der Waals surface area contributed by atoms with Gasteiger partial charge in [0.2, 0.25) is 5.91 Å². The topological polar surface area (TPSA) is 87.7 Å². The highest BCUT2D eigenvalue weighted by atomic mass is 19.1. The molecule has 0 bridgehead atoms. The van der Waals surface area contributed by atoms with E-state index in [1.165, 1.54) is 29.2 Å². The van der Waals surface area contributed by atoms with Crippen LogP contribution < -0.4 is 10.6 Å². The molecule has 3 amide bonds. The highest BCUT2D eigenvalue weighted by Gasteiger charge is 2.47. The van der Waals surface area contributed by atoms with Crippen LogP contribution in [0.5, 0.6) is 0 Å². The lowest BCUT2D eigenvalue weighted by Gasteiger charge is -2.24. The van der Waals surface area contributed by atoms with Gasteiger partial charge in [-0.25, -0.2) is 9.18 Å². The number of ether oxygens (including phenoxy) is 1. The summed E-state index contributed by atoms with van der Waals surface area (Å²) >= 11 is 0. The van der Waals surface area contributed by atoms with Gasteiger partial charge in [0, 0.05) is 17.8 Å². The van der Waals surface area contributed by atoms with Gasteiger partial charge in [0.1, 0.15) is 5.82 Å². The van der Waals surface area contributed by atoms with Gasteiger partial charge < -0.3 is 15.4 Å². The Morgan fingerprint density at radius 1 is 0.875 bits per heavy atom. The number of carbonyl (C=O) groups excluding carboxylic acids is 3. The molecule has 0 aromatic heterocycles. The lowest BCUT2D eigenvalue weighted by atomic mass is 9.99. The maximum absolute atomic E-state index is 13.6. The van der Waals surface area contributed by atoms with E-state index < -0.39 is 30.0 Å². The van der Waals surface area contributed by atoms with Crippen molar-refractivity contribution in [3.8, 4) is 0 Å². The van der Waals surface area contributed by atoms with Crippen molar-refractivity contribution in [1.29, 1.82) is 0 Å². The Bertz CT molecular complexity index is 1510. The number of amides is 3. The van der Waals surface area contributed by atoms with Gasteiger partial charge in [0.25, 0.3) is 5.91 Å². The maximum Gasteiger partial charge on any atom is 0.411 e. The molecule has 0 radical (unpaired) electrons. The highest BCUT2D eigenvalue weighted by molar-refractivity contribution is 6.04. The predicted octanol–water partition coefficient (Wildman–Crippen LogP) is 5.76. The van der Waals surface area contributed by atoms with Gasteiger partial charge in [-0.15, -0.1) is 0 Å². The van der Waals surface area contributed by atoms with Gasteiger partial charge in [-0.2, -0.15) is 0 Å². The first-order valence-corrected chi connectivity index (χ1v) is 12.9. The molecule has 2 N–H and O–H groups in total. The van der Waals surface area contributed by atoms with Crippen LogP contribution >= 0.6 is 0 Å². The molecule has 4 aromatic rings. The number of nitrogens with zero attached hydrogens (tertiary/aromatic N) is 1. The molecular formula is C32H28FN3O4. The highest BCUT2D eigenvalue weighted by Crippen LogP contribution is 2.35. The molecule has 4 aromatic carbocycles. The molecule has 1 aliphatic heterocycles. The summed E-state index contributed by atoms with van der Waals surface area (Å²) in [6.07, 6.45) is -1.51. The van der Waals surface area contributed by atoms with E-state index in [0.29, 0.717) is 23.4 Å². The molecule has 2 unspecified atom stereocenters. The van der Waals surface area contributed by atoms with Gasteiger partial charge in [0.05, 0.1) is 6.54 Å². The molecule has 2 atom stereocenters. The second kappa shape index (κ2) is 11.8. The zero-order valence-corrected chi connectivity index (χ0v) is 21.8. The van der Waals surface area contributed by atoms with E-state index >= 15 is 0 Å². The number of anilines is 1. The van der Waals surface area contributed by atoms with E-state index in [2.05, 4.69) is 10.6 Å². The van der Waals surface area contributed by atoms with Gasteiger partial charge in [-0.1, -0.05) is 72.3 Å². The van der Waals surface area contributed by atoms with Crippen LogP contribution in [0.15, 0.2) is 103 Å². The summed E-state index contributed by atoms with van der Waals surface area (Å²) in [5.41, 5.74) is 4.17. The lowest BCUT2D eigenvalue weighted by molar-refractivity contribution is -0.126. The Balaban J connectivity index is 1.40. The van der Waals surface area contributed by atoms with Crippen LogP contribution in [0.3, 0.4) is 0 Å². The molecule has 8 heteroatoms. The van der Waals surface area contributed by atoms with E-state index in [1.807, 2.05) is 61.5 Å². The zero-order chi connectivity index (χ0) is 28.1. The van der Waals surface area contributed by atoms with Crippen molar-refractivity contribution in [2.45, 2.75) is 32.2 Å². The van der Waals surface area contributed by atoms with Crippen LogP contribution in [0.25, 0.3) is 0 Å². The van der Waals surface area contributed by atoms with E-state index in [1.54, 1.807) is 24.3 Å². The minimum Gasteiger partial charge on any atom is -0.438 e. The van der Waals surface area contributed by atoms with Gasteiger partial charge in [-0.05, 0) is 60.0 Å². The molecule has 1 aliphatic rings. The first-order chi connectivity index (χ1) is 19.4. The average molecular weight is 538 g/mol. The van der Waals surface area contributed by atoms with Gasteiger partial charge in [-0.3, -0.25) is 14.5 Å². The Morgan fingerprint density at radius 3 is 2.33 bits per heavy atom. The summed E-state index contributed by atoms with van der Waals surface area (Å²) in [5.74, 6) is -1.21. The monoisotopic (exact) mass is 537 g/mol. The van der Waals surface area contributed by atoms with Crippen LogP contribution in [-0.2, 0) is 22.6 Å². The fourth-order valence-electron chi connectivity index (χ4n) is 4.59. The van der Waals surface area contributed by atoms with Crippen molar-refractivity contribution in [3.05, 3.63) is 137 Å². The molecule has 1 saturated heterocycles. The molecule has 5 rings (SSSR count). The quantitative estimate of drug-likeness (QED) is 0.299. The van der Waals surface area contributed by atoms with E-state index in [-0.39, 0.29) is 12.5 Å². The number of aryl methyl sites for hydroxylation is 1. The second-order valence-electron chi connectivity index (χ2n) is 9.65. The molecule has 1 fully saturated rings. The third kappa shape index (κ3) is 6.18. The largest absolute Gasteiger partial charge is 0.438 e. The Labute approximate surface area is 231 Å². The molecule has 0 aliphatic carbocycles. The Morgan fingerprint density at radius 2 is 1.60 bits per heavy atom. The Hall–Kier alpha value is -4.98.